The minimum Gasteiger partial charge on any atom is -0.480 e. The monoisotopic (exact) mass is 251 g/mol. The molecular formula is C12H17NO3Si. The fourth-order valence-corrected chi connectivity index (χ4v) is 2.76. The zero-order chi connectivity index (χ0) is 13.1. The lowest BCUT2D eigenvalue weighted by molar-refractivity contribution is -0.137. The standard InChI is InChI=1S/C12H17NO3Si/c1-17(2,3)11(12(15)16)13-10(14)9-7-5-4-6-8-9/h4-8,11H,1-3H3,(H,13,14)(H,15,16). The van der Waals surface area contributed by atoms with E-state index in [1.54, 1.807) is 24.3 Å². The molecule has 1 unspecified atom stereocenters. The van der Waals surface area contributed by atoms with E-state index in [1.165, 1.54) is 0 Å². The lowest BCUT2D eigenvalue weighted by Gasteiger charge is -2.25. The minimum atomic E-state index is -1.98. The van der Waals surface area contributed by atoms with E-state index in [1.807, 2.05) is 25.7 Å². The van der Waals surface area contributed by atoms with Crippen molar-refractivity contribution in [1.82, 2.24) is 5.32 Å². The second kappa shape index (κ2) is 5.14. The van der Waals surface area contributed by atoms with Gasteiger partial charge >= 0.3 is 5.97 Å². The molecule has 1 atom stereocenters. The molecule has 5 heteroatoms. The van der Waals surface area contributed by atoms with E-state index < -0.39 is 19.7 Å². The zero-order valence-corrected chi connectivity index (χ0v) is 11.2. The van der Waals surface area contributed by atoms with Crippen LogP contribution < -0.4 is 5.32 Å². The highest BCUT2D eigenvalue weighted by Gasteiger charge is 2.34. The van der Waals surface area contributed by atoms with Gasteiger partial charge in [0.25, 0.3) is 5.91 Å². The van der Waals surface area contributed by atoms with Crippen molar-refractivity contribution in [1.29, 1.82) is 0 Å². The number of carboxylic acids is 1. The van der Waals surface area contributed by atoms with Crippen LogP contribution in [-0.2, 0) is 4.79 Å². The zero-order valence-electron chi connectivity index (χ0n) is 10.2. The number of hydrogen-bond acceptors (Lipinski definition) is 2. The summed E-state index contributed by atoms with van der Waals surface area (Å²) in [6.45, 7) is 5.74. The molecule has 2 N–H and O–H groups in total. The van der Waals surface area contributed by atoms with E-state index in [4.69, 9.17) is 5.11 Å². The number of carbonyl (C=O) groups excluding carboxylic acids is 1. The second-order valence-corrected chi connectivity index (χ2v) is 10.3. The molecular weight excluding hydrogens is 234 g/mol. The van der Waals surface area contributed by atoms with Crippen LogP contribution in [0.15, 0.2) is 30.3 Å². The molecule has 1 amide bonds. The van der Waals surface area contributed by atoms with E-state index in [9.17, 15) is 9.59 Å². The molecule has 0 heterocycles. The number of nitrogens with one attached hydrogen (secondary N) is 1. The van der Waals surface area contributed by atoms with Gasteiger partial charge in [0.1, 0.15) is 5.67 Å². The Hall–Kier alpha value is -1.62. The SMILES string of the molecule is C[Si](C)(C)C(NC(=O)c1ccccc1)C(=O)O. The van der Waals surface area contributed by atoms with E-state index in [0.29, 0.717) is 5.56 Å². The van der Waals surface area contributed by atoms with Crippen LogP contribution in [0, 0.1) is 0 Å². The Morgan fingerprint density at radius 2 is 1.71 bits per heavy atom. The van der Waals surface area contributed by atoms with Gasteiger partial charge in [-0.05, 0) is 12.1 Å². The lowest BCUT2D eigenvalue weighted by atomic mass is 10.2. The molecule has 0 aliphatic heterocycles. The highest BCUT2D eigenvalue weighted by Crippen LogP contribution is 2.09. The summed E-state index contributed by atoms with van der Waals surface area (Å²) in [4.78, 5) is 23.0. The van der Waals surface area contributed by atoms with Gasteiger partial charge < -0.3 is 10.4 Å². The average Bonchev–Trinajstić information content (AvgIpc) is 2.24. The Balaban J connectivity index is 2.83. The summed E-state index contributed by atoms with van der Waals surface area (Å²) in [6.07, 6.45) is 0. The molecule has 0 aliphatic rings. The fourth-order valence-electron chi connectivity index (χ4n) is 1.45. The predicted molar refractivity (Wildman–Crippen MR) is 68.7 cm³/mol. The van der Waals surface area contributed by atoms with Crippen molar-refractivity contribution in [2.75, 3.05) is 0 Å². The highest BCUT2D eigenvalue weighted by atomic mass is 28.3. The third-order valence-corrected chi connectivity index (χ3v) is 4.55. The molecule has 1 aromatic rings. The van der Waals surface area contributed by atoms with Gasteiger partial charge in [-0.15, -0.1) is 0 Å². The third-order valence-electron chi connectivity index (χ3n) is 2.42. The molecule has 0 radical (unpaired) electrons. The molecule has 17 heavy (non-hydrogen) atoms. The first-order valence-electron chi connectivity index (χ1n) is 5.41. The fraction of sp³-hybridized carbons (Fsp3) is 0.333. The van der Waals surface area contributed by atoms with Gasteiger partial charge in [0.2, 0.25) is 0 Å². The molecule has 0 saturated carbocycles. The number of carbonyl (C=O) groups is 2. The van der Waals surface area contributed by atoms with Crippen LogP contribution in [0.5, 0.6) is 0 Å². The van der Waals surface area contributed by atoms with Gasteiger partial charge in [-0.2, -0.15) is 0 Å². The number of hydrogen-bond donors (Lipinski definition) is 2. The topological polar surface area (TPSA) is 66.4 Å². The van der Waals surface area contributed by atoms with Crippen LogP contribution in [0.3, 0.4) is 0 Å². The largest absolute Gasteiger partial charge is 0.480 e. The second-order valence-electron chi connectivity index (χ2n) is 4.98. The predicted octanol–water partition coefficient (Wildman–Crippen LogP) is 1.75. The number of carboxylic acid groups (broad SMARTS) is 1. The smallest absolute Gasteiger partial charge is 0.322 e. The first-order chi connectivity index (χ1) is 7.82. The van der Waals surface area contributed by atoms with Crippen molar-refractivity contribution >= 4 is 20.0 Å². The highest BCUT2D eigenvalue weighted by molar-refractivity contribution is 6.80. The molecule has 0 bridgehead atoms. The summed E-state index contributed by atoms with van der Waals surface area (Å²) in [5.74, 6) is -1.30. The van der Waals surface area contributed by atoms with Gasteiger partial charge in [0.15, 0.2) is 0 Å². The molecule has 0 fully saturated rings. The van der Waals surface area contributed by atoms with E-state index in [0.717, 1.165) is 0 Å². The van der Waals surface area contributed by atoms with Gasteiger partial charge in [0, 0.05) is 5.56 Å². The van der Waals surface area contributed by atoms with Crippen molar-refractivity contribution in [3.8, 4) is 0 Å². The van der Waals surface area contributed by atoms with Crippen LogP contribution in [-0.4, -0.2) is 30.7 Å². The van der Waals surface area contributed by atoms with Crippen LogP contribution in [0.2, 0.25) is 19.6 Å². The number of amides is 1. The Kier molecular flexibility index (Phi) is 4.06. The van der Waals surface area contributed by atoms with Gasteiger partial charge in [-0.3, -0.25) is 9.59 Å². The first-order valence-corrected chi connectivity index (χ1v) is 8.99. The molecule has 0 spiro atoms. The number of aliphatic carboxylic acids is 1. The molecule has 0 saturated heterocycles. The summed E-state index contributed by atoms with van der Waals surface area (Å²) in [6, 6.07) is 8.64. The average molecular weight is 251 g/mol. The van der Waals surface area contributed by atoms with Crippen molar-refractivity contribution < 1.29 is 14.7 Å². The molecule has 1 aromatic carbocycles. The van der Waals surface area contributed by atoms with Crippen molar-refractivity contribution in [2.24, 2.45) is 0 Å². The summed E-state index contributed by atoms with van der Waals surface area (Å²) >= 11 is 0. The maximum absolute atomic E-state index is 11.9. The third kappa shape index (κ3) is 3.71. The van der Waals surface area contributed by atoms with Crippen molar-refractivity contribution in [3.05, 3.63) is 35.9 Å². The maximum Gasteiger partial charge on any atom is 0.322 e. The van der Waals surface area contributed by atoms with E-state index >= 15 is 0 Å². The Labute approximate surface area is 102 Å². The van der Waals surface area contributed by atoms with Gasteiger partial charge in [-0.25, -0.2) is 0 Å². The van der Waals surface area contributed by atoms with Crippen LogP contribution in [0.1, 0.15) is 10.4 Å². The molecule has 1 rings (SSSR count). The van der Waals surface area contributed by atoms with E-state index in [2.05, 4.69) is 5.32 Å². The Bertz CT molecular complexity index is 412. The number of benzene rings is 1. The summed E-state index contributed by atoms with van der Waals surface area (Å²) < 4.78 is 0. The quantitative estimate of drug-likeness (QED) is 0.801. The summed E-state index contributed by atoms with van der Waals surface area (Å²) in [7, 11) is -1.98. The maximum atomic E-state index is 11.9. The van der Waals surface area contributed by atoms with Crippen LogP contribution in [0.25, 0.3) is 0 Å². The van der Waals surface area contributed by atoms with E-state index in [-0.39, 0.29) is 5.91 Å². The van der Waals surface area contributed by atoms with Crippen LogP contribution in [0.4, 0.5) is 0 Å². The summed E-state index contributed by atoms with van der Waals surface area (Å²) in [5.41, 5.74) is -0.285. The summed E-state index contributed by atoms with van der Waals surface area (Å²) in [5, 5.41) is 11.7. The normalized spacial score (nSPS) is 12.9. The first kappa shape index (κ1) is 13.4. The van der Waals surface area contributed by atoms with Gasteiger partial charge in [0.05, 0.1) is 8.07 Å². The number of rotatable bonds is 4. The minimum absolute atomic E-state index is 0.333. The van der Waals surface area contributed by atoms with Crippen molar-refractivity contribution in [3.63, 3.8) is 0 Å². The van der Waals surface area contributed by atoms with Crippen molar-refractivity contribution in [2.45, 2.75) is 25.3 Å². The van der Waals surface area contributed by atoms with Crippen LogP contribution >= 0.6 is 0 Å². The molecule has 4 nitrogen and oxygen atoms in total. The van der Waals surface area contributed by atoms with Gasteiger partial charge in [-0.1, -0.05) is 37.8 Å². The Morgan fingerprint density at radius 3 is 2.12 bits per heavy atom. The molecule has 0 aliphatic carbocycles. The Morgan fingerprint density at radius 1 is 1.18 bits per heavy atom. The molecule has 0 aromatic heterocycles. The molecule has 92 valence electrons. The lowest BCUT2D eigenvalue weighted by Crippen LogP contribution is -2.55.